The van der Waals surface area contributed by atoms with Gasteiger partial charge in [0.25, 0.3) is 0 Å². The van der Waals surface area contributed by atoms with Gasteiger partial charge in [0.2, 0.25) is 5.91 Å². The summed E-state index contributed by atoms with van der Waals surface area (Å²) in [5.74, 6) is -0.456. The first kappa shape index (κ1) is 21.6. The number of amides is 1. The Morgan fingerprint density at radius 2 is 1.93 bits per heavy atom. The van der Waals surface area contributed by atoms with Crippen molar-refractivity contribution in [2.75, 3.05) is 17.7 Å². The number of hydrogen-bond donors (Lipinski definition) is 2. The first-order valence-electron chi connectivity index (χ1n) is 9.63. The van der Waals surface area contributed by atoms with Crippen molar-refractivity contribution in [2.24, 2.45) is 4.99 Å². The number of aryl methyl sites for hydroxylation is 1. The summed E-state index contributed by atoms with van der Waals surface area (Å²) in [6.07, 6.45) is 1.89. The summed E-state index contributed by atoms with van der Waals surface area (Å²) < 4.78 is 4.79. The van der Waals surface area contributed by atoms with Crippen molar-refractivity contribution in [1.29, 1.82) is 0 Å². The zero-order valence-corrected chi connectivity index (χ0v) is 18.3. The number of thioether (sulfide) groups is 1. The Balaban J connectivity index is 1.80. The summed E-state index contributed by atoms with van der Waals surface area (Å²) in [6.45, 7) is 5.84. The third-order valence-corrected chi connectivity index (χ3v) is 5.84. The lowest BCUT2D eigenvalue weighted by molar-refractivity contribution is -0.139. The molecule has 2 aromatic rings. The lowest BCUT2D eigenvalue weighted by atomic mass is 10.1. The van der Waals surface area contributed by atoms with E-state index in [0.717, 1.165) is 28.2 Å². The van der Waals surface area contributed by atoms with Crippen LogP contribution in [-0.4, -0.2) is 29.3 Å². The third kappa shape index (κ3) is 5.30. The first-order valence-corrected chi connectivity index (χ1v) is 10.5. The summed E-state index contributed by atoms with van der Waals surface area (Å²) in [7, 11) is 1.36. The highest BCUT2D eigenvalue weighted by atomic mass is 32.2. The molecule has 30 heavy (non-hydrogen) atoms. The molecule has 1 amide bonds. The van der Waals surface area contributed by atoms with Crippen LogP contribution in [0.4, 0.5) is 17.1 Å². The van der Waals surface area contributed by atoms with Crippen LogP contribution >= 0.6 is 11.8 Å². The molecule has 0 radical (unpaired) electrons. The van der Waals surface area contributed by atoms with Crippen LogP contribution in [0.1, 0.15) is 24.5 Å². The number of ether oxygens (including phenoxy) is 1. The highest BCUT2D eigenvalue weighted by molar-refractivity contribution is 8.15. The van der Waals surface area contributed by atoms with Crippen molar-refractivity contribution < 1.29 is 14.3 Å². The first-order chi connectivity index (χ1) is 14.4. The topological polar surface area (TPSA) is 79.8 Å². The average molecular weight is 424 g/mol. The standard InChI is InChI=1S/C23H25N3O3S/c1-14-8-7-11-18(15(14)2)26-23(28)16(3)30-21-12-17(13-22(27)29-4)24-19-9-5-6-10-20(19)25-21/h5-12,16,24H,13H2,1-4H3,(H,26,28)/t16-/m1/s1. The van der Waals surface area contributed by atoms with E-state index in [0.29, 0.717) is 10.7 Å². The summed E-state index contributed by atoms with van der Waals surface area (Å²) in [5, 5.41) is 6.51. The molecule has 6 nitrogen and oxygen atoms in total. The lowest BCUT2D eigenvalue weighted by Gasteiger charge is -2.14. The highest BCUT2D eigenvalue weighted by Crippen LogP contribution is 2.32. The molecule has 0 saturated heterocycles. The van der Waals surface area contributed by atoms with Gasteiger partial charge in [-0.3, -0.25) is 9.59 Å². The van der Waals surface area contributed by atoms with Gasteiger partial charge in [0.1, 0.15) is 0 Å². The maximum Gasteiger partial charge on any atom is 0.311 e. The van der Waals surface area contributed by atoms with Crippen molar-refractivity contribution in [3.05, 3.63) is 65.4 Å². The quantitative estimate of drug-likeness (QED) is 0.664. The number of methoxy groups -OCH3 is 1. The van der Waals surface area contributed by atoms with Crippen LogP contribution in [0.5, 0.6) is 0 Å². The molecule has 3 rings (SSSR count). The Bertz CT molecular complexity index is 1030. The number of carbonyl (C=O) groups is 2. The maximum atomic E-state index is 12.8. The second-order valence-corrected chi connectivity index (χ2v) is 8.37. The highest BCUT2D eigenvalue weighted by Gasteiger charge is 2.20. The Morgan fingerprint density at radius 1 is 1.17 bits per heavy atom. The molecule has 7 heteroatoms. The van der Waals surface area contributed by atoms with Crippen molar-refractivity contribution in [1.82, 2.24) is 0 Å². The maximum absolute atomic E-state index is 12.8. The number of anilines is 2. The molecular weight excluding hydrogens is 398 g/mol. The van der Waals surface area contributed by atoms with Gasteiger partial charge in [-0.15, -0.1) is 0 Å². The molecule has 0 spiro atoms. The van der Waals surface area contributed by atoms with Crippen LogP contribution in [0.3, 0.4) is 0 Å². The van der Waals surface area contributed by atoms with E-state index in [-0.39, 0.29) is 23.5 Å². The van der Waals surface area contributed by atoms with E-state index in [1.165, 1.54) is 18.9 Å². The predicted octanol–water partition coefficient (Wildman–Crippen LogP) is 4.97. The van der Waals surface area contributed by atoms with Crippen LogP contribution in [0, 0.1) is 13.8 Å². The van der Waals surface area contributed by atoms with E-state index in [4.69, 9.17) is 9.73 Å². The zero-order valence-electron chi connectivity index (χ0n) is 17.5. The number of para-hydroxylation sites is 2. The number of carbonyl (C=O) groups excluding carboxylic acids is 2. The Labute approximate surface area is 180 Å². The predicted molar refractivity (Wildman–Crippen MR) is 123 cm³/mol. The Hall–Kier alpha value is -3.06. The fraction of sp³-hybridized carbons (Fsp3) is 0.261. The van der Waals surface area contributed by atoms with Crippen LogP contribution in [-0.2, 0) is 14.3 Å². The number of esters is 1. The number of benzene rings is 2. The number of nitrogens with zero attached hydrogens (tertiary/aromatic N) is 1. The second-order valence-electron chi connectivity index (χ2n) is 7.01. The van der Waals surface area contributed by atoms with Gasteiger partial charge in [-0.2, -0.15) is 0 Å². The smallest absolute Gasteiger partial charge is 0.311 e. The van der Waals surface area contributed by atoms with Gasteiger partial charge in [-0.05, 0) is 56.2 Å². The SMILES string of the molecule is COC(=O)CC1=CC(S[C@H](C)C(=O)Nc2cccc(C)c2C)=Nc2ccccc2N1. The van der Waals surface area contributed by atoms with Crippen LogP contribution in [0.25, 0.3) is 0 Å². The summed E-state index contributed by atoms with van der Waals surface area (Å²) in [5.41, 5.74) is 5.20. The van der Waals surface area contributed by atoms with Gasteiger partial charge >= 0.3 is 5.97 Å². The Morgan fingerprint density at radius 3 is 2.70 bits per heavy atom. The average Bonchev–Trinajstić information content (AvgIpc) is 2.89. The van der Waals surface area contributed by atoms with E-state index in [9.17, 15) is 9.59 Å². The second kappa shape index (κ2) is 9.63. The minimum Gasteiger partial charge on any atom is -0.469 e. The van der Waals surface area contributed by atoms with Gasteiger partial charge in [0, 0.05) is 11.4 Å². The summed E-state index contributed by atoms with van der Waals surface area (Å²) >= 11 is 1.34. The van der Waals surface area contributed by atoms with Gasteiger partial charge in [0.05, 0.1) is 35.2 Å². The lowest BCUT2D eigenvalue weighted by Crippen LogP contribution is -2.24. The van der Waals surface area contributed by atoms with E-state index >= 15 is 0 Å². The fourth-order valence-electron chi connectivity index (χ4n) is 2.92. The molecule has 2 aromatic carbocycles. The summed E-state index contributed by atoms with van der Waals surface area (Å²) in [6, 6.07) is 13.4. The molecule has 1 aliphatic rings. The molecule has 0 fully saturated rings. The van der Waals surface area contributed by atoms with Crippen molar-refractivity contribution >= 4 is 45.7 Å². The molecule has 0 aromatic heterocycles. The number of aliphatic imine (C=N–C) groups is 1. The molecule has 1 heterocycles. The Kier molecular flexibility index (Phi) is 6.95. The van der Waals surface area contributed by atoms with Gasteiger partial charge in [-0.1, -0.05) is 36.0 Å². The molecular formula is C23H25N3O3S. The van der Waals surface area contributed by atoms with Crippen molar-refractivity contribution in [3.63, 3.8) is 0 Å². The molecule has 0 saturated carbocycles. The normalized spacial score (nSPS) is 13.7. The van der Waals surface area contributed by atoms with Crippen LogP contribution in [0.2, 0.25) is 0 Å². The minimum atomic E-state index is -0.385. The number of rotatable bonds is 5. The zero-order chi connectivity index (χ0) is 21.7. The number of fused-ring (bicyclic) bond motifs is 1. The minimum absolute atomic E-state index is 0.0908. The largest absolute Gasteiger partial charge is 0.469 e. The van der Waals surface area contributed by atoms with E-state index in [1.807, 2.05) is 63.2 Å². The summed E-state index contributed by atoms with van der Waals surface area (Å²) in [4.78, 5) is 29.3. The molecule has 0 unspecified atom stereocenters. The van der Waals surface area contributed by atoms with Crippen LogP contribution < -0.4 is 10.6 Å². The molecule has 1 atom stereocenters. The molecule has 156 valence electrons. The molecule has 2 N–H and O–H groups in total. The van der Waals surface area contributed by atoms with Crippen molar-refractivity contribution in [3.8, 4) is 0 Å². The van der Waals surface area contributed by atoms with E-state index in [2.05, 4.69) is 10.6 Å². The fourth-order valence-corrected chi connectivity index (χ4v) is 3.81. The third-order valence-electron chi connectivity index (χ3n) is 4.82. The molecule has 0 aliphatic carbocycles. The number of hydrogen-bond acceptors (Lipinski definition) is 6. The van der Waals surface area contributed by atoms with Crippen LogP contribution in [0.15, 0.2) is 59.2 Å². The van der Waals surface area contributed by atoms with Gasteiger partial charge < -0.3 is 15.4 Å². The molecule has 1 aliphatic heterocycles. The number of nitrogens with one attached hydrogen (secondary N) is 2. The van der Waals surface area contributed by atoms with E-state index < -0.39 is 0 Å². The van der Waals surface area contributed by atoms with Crippen molar-refractivity contribution in [2.45, 2.75) is 32.4 Å². The monoisotopic (exact) mass is 423 g/mol. The molecule has 0 bridgehead atoms. The van der Waals surface area contributed by atoms with E-state index in [1.54, 1.807) is 6.08 Å². The van der Waals surface area contributed by atoms with Gasteiger partial charge in [0.15, 0.2) is 0 Å². The van der Waals surface area contributed by atoms with Gasteiger partial charge in [-0.25, -0.2) is 4.99 Å².